The van der Waals surface area contributed by atoms with Gasteiger partial charge in [0.1, 0.15) is 0 Å². The van der Waals surface area contributed by atoms with Crippen molar-refractivity contribution in [3.63, 3.8) is 0 Å². The lowest BCUT2D eigenvalue weighted by atomic mass is 9.99. The number of aromatic nitrogens is 4. The lowest BCUT2D eigenvalue weighted by molar-refractivity contribution is 1.22. The molecule has 0 saturated heterocycles. The van der Waals surface area contributed by atoms with Crippen LogP contribution in [0.4, 0.5) is 0 Å². The van der Waals surface area contributed by atoms with Gasteiger partial charge in [0.05, 0.1) is 22.8 Å². The molecule has 30 heavy (non-hydrogen) atoms. The zero-order chi connectivity index (χ0) is 20.2. The van der Waals surface area contributed by atoms with Crippen molar-refractivity contribution in [2.24, 2.45) is 0 Å². The lowest BCUT2D eigenvalue weighted by Gasteiger charge is -2.10. The first-order chi connectivity index (χ1) is 14.9. The van der Waals surface area contributed by atoms with Gasteiger partial charge in [-0.25, -0.2) is 4.98 Å². The number of hydrogen-bond donors (Lipinski definition) is 0. The molecule has 4 nitrogen and oxygen atoms in total. The summed E-state index contributed by atoms with van der Waals surface area (Å²) in [6.45, 7) is 0. The molecule has 5 aromatic rings. The third-order valence-electron chi connectivity index (χ3n) is 4.91. The Morgan fingerprint density at radius 1 is 0.400 bits per heavy atom. The summed E-state index contributed by atoms with van der Waals surface area (Å²) < 4.78 is 0. The molecule has 0 aliphatic heterocycles. The summed E-state index contributed by atoms with van der Waals surface area (Å²) in [7, 11) is 0. The summed E-state index contributed by atoms with van der Waals surface area (Å²) in [6.07, 6.45) is 7.19. The quantitative estimate of drug-likeness (QED) is 0.384. The number of nitrogens with zero attached hydrogens (tertiary/aromatic N) is 4. The van der Waals surface area contributed by atoms with E-state index in [0.717, 1.165) is 45.0 Å². The predicted octanol–water partition coefficient (Wildman–Crippen LogP) is 5.93. The standard InChI is InChI=1S/C26H18N4/c1-3-13-28-23(5-1)25-17-22(18-26(30-25)24-6-2-4-14-29-24)20-9-7-19(8-10-20)21-11-15-27-16-12-21/h1-18H. The molecule has 0 unspecified atom stereocenters. The van der Waals surface area contributed by atoms with Gasteiger partial charge in [0, 0.05) is 24.8 Å². The molecule has 5 rings (SSSR count). The van der Waals surface area contributed by atoms with Crippen molar-refractivity contribution in [1.29, 1.82) is 0 Å². The van der Waals surface area contributed by atoms with Crippen molar-refractivity contribution in [1.82, 2.24) is 19.9 Å². The zero-order valence-electron chi connectivity index (χ0n) is 16.2. The van der Waals surface area contributed by atoms with Crippen LogP contribution in [-0.4, -0.2) is 19.9 Å². The molecule has 0 N–H and O–H groups in total. The largest absolute Gasteiger partial charge is 0.265 e. The van der Waals surface area contributed by atoms with E-state index in [9.17, 15) is 0 Å². The fourth-order valence-corrected chi connectivity index (χ4v) is 3.39. The van der Waals surface area contributed by atoms with Crippen LogP contribution in [0.15, 0.2) is 110 Å². The van der Waals surface area contributed by atoms with Gasteiger partial charge in [-0.05, 0) is 70.8 Å². The Kier molecular flexibility index (Phi) is 4.80. The molecule has 0 bridgehead atoms. The monoisotopic (exact) mass is 386 g/mol. The molecule has 0 aliphatic rings. The van der Waals surface area contributed by atoms with Gasteiger partial charge < -0.3 is 0 Å². The van der Waals surface area contributed by atoms with Gasteiger partial charge in [-0.2, -0.15) is 0 Å². The summed E-state index contributed by atoms with van der Waals surface area (Å²) in [6, 6.07) is 28.4. The first-order valence-electron chi connectivity index (χ1n) is 9.72. The molecular formula is C26H18N4. The van der Waals surface area contributed by atoms with Gasteiger partial charge in [0.2, 0.25) is 0 Å². The van der Waals surface area contributed by atoms with E-state index in [1.54, 1.807) is 12.4 Å². The maximum atomic E-state index is 4.83. The SMILES string of the molecule is c1ccc(-c2cc(-c3ccc(-c4ccncc4)cc3)cc(-c3ccccn3)n2)nc1. The minimum Gasteiger partial charge on any atom is -0.265 e. The second-order valence-corrected chi connectivity index (χ2v) is 6.87. The zero-order valence-corrected chi connectivity index (χ0v) is 16.2. The average molecular weight is 386 g/mol. The van der Waals surface area contributed by atoms with E-state index in [1.165, 1.54) is 0 Å². The Balaban J connectivity index is 1.60. The van der Waals surface area contributed by atoms with Crippen molar-refractivity contribution in [2.45, 2.75) is 0 Å². The maximum Gasteiger partial charge on any atom is 0.0900 e. The molecule has 4 heterocycles. The van der Waals surface area contributed by atoms with E-state index in [0.29, 0.717) is 0 Å². The fourth-order valence-electron chi connectivity index (χ4n) is 3.39. The average Bonchev–Trinajstić information content (AvgIpc) is 2.85. The van der Waals surface area contributed by atoms with Gasteiger partial charge in [0.15, 0.2) is 0 Å². The summed E-state index contributed by atoms with van der Waals surface area (Å²) in [5.41, 5.74) is 7.82. The topological polar surface area (TPSA) is 51.6 Å². The van der Waals surface area contributed by atoms with Crippen LogP contribution in [0, 0.1) is 0 Å². The predicted molar refractivity (Wildman–Crippen MR) is 119 cm³/mol. The van der Waals surface area contributed by atoms with E-state index < -0.39 is 0 Å². The smallest absolute Gasteiger partial charge is 0.0900 e. The molecule has 4 heteroatoms. The van der Waals surface area contributed by atoms with Crippen LogP contribution in [0.3, 0.4) is 0 Å². The number of pyridine rings is 4. The molecule has 4 aromatic heterocycles. The van der Waals surface area contributed by atoms with Crippen molar-refractivity contribution in [3.8, 4) is 45.0 Å². The second-order valence-electron chi connectivity index (χ2n) is 6.87. The Hall–Kier alpha value is -4.18. The van der Waals surface area contributed by atoms with Crippen LogP contribution < -0.4 is 0 Å². The van der Waals surface area contributed by atoms with E-state index >= 15 is 0 Å². The highest BCUT2D eigenvalue weighted by Crippen LogP contribution is 2.30. The van der Waals surface area contributed by atoms with Gasteiger partial charge in [-0.1, -0.05) is 36.4 Å². The Labute approximate surface area is 175 Å². The molecule has 0 spiro atoms. The van der Waals surface area contributed by atoms with Crippen LogP contribution in [0.25, 0.3) is 45.0 Å². The second kappa shape index (κ2) is 8.05. The summed E-state index contributed by atoms with van der Waals surface area (Å²) in [5.74, 6) is 0. The highest BCUT2D eigenvalue weighted by molar-refractivity contribution is 5.76. The maximum absolute atomic E-state index is 4.83. The van der Waals surface area contributed by atoms with Crippen molar-refractivity contribution < 1.29 is 0 Å². The molecule has 0 saturated carbocycles. The summed E-state index contributed by atoms with van der Waals surface area (Å²) in [4.78, 5) is 17.9. The summed E-state index contributed by atoms with van der Waals surface area (Å²) in [5, 5.41) is 0. The van der Waals surface area contributed by atoms with Crippen LogP contribution in [0.2, 0.25) is 0 Å². The highest BCUT2D eigenvalue weighted by Gasteiger charge is 2.10. The lowest BCUT2D eigenvalue weighted by Crippen LogP contribution is -1.93. The first-order valence-corrected chi connectivity index (χ1v) is 9.72. The Bertz CT molecular complexity index is 1200. The van der Waals surface area contributed by atoms with Gasteiger partial charge >= 0.3 is 0 Å². The number of hydrogen-bond acceptors (Lipinski definition) is 4. The molecule has 142 valence electrons. The number of benzene rings is 1. The minimum absolute atomic E-state index is 0.826. The Morgan fingerprint density at radius 3 is 1.40 bits per heavy atom. The van der Waals surface area contributed by atoms with Crippen LogP contribution in [0.5, 0.6) is 0 Å². The molecule has 0 atom stereocenters. The van der Waals surface area contributed by atoms with Crippen LogP contribution >= 0.6 is 0 Å². The van der Waals surface area contributed by atoms with Crippen molar-refractivity contribution >= 4 is 0 Å². The van der Waals surface area contributed by atoms with Gasteiger partial charge in [-0.15, -0.1) is 0 Å². The molecule has 0 fully saturated rings. The molecule has 0 aliphatic carbocycles. The summed E-state index contributed by atoms with van der Waals surface area (Å²) >= 11 is 0. The molecule has 0 radical (unpaired) electrons. The molecule has 0 amide bonds. The molecule has 1 aromatic carbocycles. The normalized spacial score (nSPS) is 10.7. The first kappa shape index (κ1) is 17.9. The van der Waals surface area contributed by atoms with E-state index in [-0.39, 0.29) is 0 Å². The fraction of sp³-hybridized carbons (Fsp3) is 0. The van der Waals surface area contributed by atoms with Crippen molar-refractivity contribution in [2.75, 3.05) is 0 Å². The third-order valence-corrected chi connectivity index (χ3v) is 4.91. The minimum atomic E-state index is 0.826. The Morgan fingerprint density at radius 2 is 0.900 bits per heavy atom. The van der Waals surface area contributed by atoms with Crippen LogP contribution in [0.1, 0.15) is 0 Å². The van der Waals surface area contributed by atoms with Crippen LogP contribution in [-0.2, 0) is 0 Å². The van der Waals surface area contributed by atoms with E-state index in [1.807, 2.05) is 60.9 Å². The molecular weight excluding hydrogens is 368 g/mol. The van der Waals surface area contributed by atoms with Gasteiger partial charge in [-0.3, -0.25) is 15.0 Å². The van der Waals surface area contributed by atoms with E-state index in [2.05, 4.69) is 51.4 Å². The highest BCUT2D eigenvalue weighted by atomic mass is 14.8. The van der Waals surface area contributed by atoms with Crippen molar-refractivity contribution in [3.05, 3.63) is 110 Å². The van der Waals surface area contributed by atoms with E-state index in [4.69, 9.17) is 4.98 Å². The van der Waals surface area contributed by atoms with Gasteiger partial charge in [0.25, 0.3) is 0 Å². The number of rotatable bonds is 4. The third kappa shape index (κ3) is 3.71.